The average molecular weight is 699 g/mol. The number of hydrogen-bond donors (Lipinski definition) is 4. The molecule has 290 valence electrons. The van der Waals surface area contributed by atoms with Crippen LogP contribution in [0.2, 0.25) is 0 Å². The van der Waals surface area contributed by atoms with Gasteiger partial charge in [-0.2, -0.15) is 9.28 Å². The summed E-state index contributed by atoms with van der Waals surface area (Å²) in [5.74, 6) is 0.512. The van der Waals surface area contributed by atoms with E-state index in [4.69, 9.17) is 9.47 Å². The predicted octanol–water partition coefficient (Wildman–Crippen LogP) is 9.04. The Bertz CT molecular complexity index is 882. The summed E-state index contributed by atoms with van der Waals surface area (Å²) in [4.78, 5) is 14.2. The van der Waals surface area contributed by atoms with Gasteiger partial charge in [0.05, 0.1) is 19.8 Å². The van der Waals surface area contributed by atoms with Crippen molar-refractivity contribution in [3.63, 3.8) is 0 Å². The Morgan fingerprint density at radius 1 is 0.694 bits per heavy atom. The number of carbonyl (C=O) groups is 1. The molecule has 1 amide bonds. The molecule has 1 aliphatic carbocycles. The van der Waals surface area contributed by atoms with Crippen LogP contribution in [0.4, 0.5) is 4.79 Å². The van der Waals surface area contributed by atoms with E-state index >= 15 is 0 Å². The fraction of sp³-hybridized carbons (Fsp3) is 0.976. The van der Waals surface area contributed by atoms with Crippen molar-refractivity contribution in [2.75, 3.05) is 19.8 Å². The molecule has 2 rings (SSSR count). The quantitative estimate of drug-likeness (QED) is 0.0622. The first-order valence-electron chi connectivity index (χ1n) is 20.6. The molecule has 1 saturated heterocycles. The first-order valence-corrected chi connectivity index (χ1v) is 20.6. The molecule has 0 bridgehead atoms. The summed E-state index contributed by atoms with van der Waals surface area (Å²) in [6.45, 7) is 15.8. The van der Waals surface area contributed by atoms with Crippen LogP contribution in [0.3, 0.4) is 0 Å². The standard InChI is InChI=1S/C41H80NO7/c1-8-10-11-12-13-14-15-16-17-18-19-20-21-22-23-24-29-42(39(47)48-9-2,38-37(46)36(45)35(44)34(30-43)49-38)33-27-25-32(26-28-33)41(6,7)31-40(3,4)5/h32-38,43-46H,8-31H2,1-7H3/q+1/t32?,33?,34-,35-,36+,37+,38?,42?/m1/s1. The fourth-order valence-corrected chi connectivity index (χ4v) is 9.32. The maximum absolute atomic E-state index is 14.2. The largest absolute Gasteiger partial charge is 0.518 e. The van der Waals surface area contributed by atoms with Crippen LogP contribution >= 0.6 is 0 Å². The minimum Gasteiger partial charge on any atom is -0.420 e. The summed E-state index contributed by atoms with van der Waals surface area (Å²) in [6, 6.07) is -0.154. The van der Waals surface area contributed by atoms with Gasteiger partial charge in [0.1, 0.15) is 24.4 Å². The van der Waals surface area contributed by atoms with Gasteiger partial charge in [0.25, 0.3) is 0 Å². The van der Waals surface area contributed by atoms with E-state index in [0.29, 0.717) is 12.5 Å². The predicted molar refractivity (Wildman–Crippen MR) is 199 cm³/mol. The number of ether oxygens (including phenoxy) is 2. The maximum Gasteiger partial charge on any atom is 0.518 e. The van der Waals surface area contributed by atoms with Crippen LogP contribution in [0.1, 0.15) is 183 Å². The van der Waals surface area contributed by atoms with E-state index < -0.39 is 43.3 Å². The summed E-state index contributed by atoms with van der Waals surface area (Å²) >= 11 is 0. The molecule has 6 atom stereocenters. The third kappa shape index (κ3) is 13.9. The van der Waals surface area contributed by atoms with E-state index in [9.17, 15) is 25.2 Å². The Balaban J connectivity index is 2.05. The third-order valence-electron chi connectivity index (χ3n) is 11.7. The zero-order valence-corrected chi connectivity index (χ0v) is 33.0. The highest BCUT2D eigenvalue weighted by atomic mass is 16.6. The van der Waals surface area contributed by atoms with Crippen molar-refractivity contribution in [3.05, 3.63) is 0 Å². The number of amides is 1. The fourth-order valence-electron chi connectivity index (χ4n) is 9.32. The molecular formula is C41H80NO7+. The average Bonchev–Trinajstić information content (AvgIpc) is 3.05. The van der Waals surface area contributed by atoms with Crippen molar-refractivity contribution in [2.45, 2.75) is 220 Å². The minimum atomic E-state index is -1.53. The summed E-state index contributed by atoms with van der Waals surface area (Å²) < 4.78 is 11.8. The van der Waals surface area contributed by atoms with Gasteiger partial charge in [0.15, 0.2) is 6.10 Å². The van der Waals surface area contributed by atoms with Gasteiger partial charge in [-0.05, 0) is 55.8 Å². The van der Waals surface area contributed by atoms with Crippen LogP contribution in [-0.4, -0.2) is 87.4 Å². The third-order valence-corrected chi connectivity index (χ3v) is 11.7. The number of quaternary nitrogens is 1. The van der Waals surface area contributed by atoms with E-state index in [1.54, 1.807) is 6.92 Å². The van der Waals surface area contributed by atoms with E-state index in [1.807, 2.05) is 0 Å². The zero-order valence-electron chi connectivity index (χ0n) is 33.0. The molecule has 4 N–H and O–H groups in total. The normalized spacial score (nSPS) is 27.9. The Labute approximate surface area is 301 Å². The Kier molecular flexibility index (Phi) is 20.2. The molecule has 2 unspecified atom stereocenters. The van der Waals surface area contributed by atoms with Gasteiger partial charge in [-0.15, -0.1) is 0 Å². The van der Waals surface area contributed by atoms with E-state index in [-0.39, 0.29) is 28.0 Å². The second-order valence-electron chi connectivity index (χ2n) is 17.6. The number of aliphatic hydroxyl groups is 4. The molecule has 1 heterocycles. The molecule has 8 nitrogen and oxygen atoms in total. The van der Waals surface area contributed by atoms with Crippen LogP contribution in [0.25, 0.3) is 0 Å². The van der Waals surface area contributed by atoms with E-state index in [1.165, 1.54) is 83.5 Å². The molecule has 2 aliphatic rings. The molecule has 2 fully saturated rings. The molecule has 0 radical (unpaired) electrons. The summed E-state index contributed by atoms with van der Waals surface area (Å²) in [7, 11) is 0. The smallest absolute Gasteiger partial charge is 0.420 e. The monoisotopic (exact) mass is 699 g/mol. The Hall–Kier alpha value is -0.770. The number of hydrogen-bond acceptors (Lipinski definition) is 7. The van der Waals surface area contributed by atoms with Crippen molar-refractivity contribution >= 4 is 6.09 Å². The number of aliphatic hydroxyl groups excluding tert-OH is 4. The van der Waals surface area contributed by atoms with Crippen LogP contribution in [0.15, 0.2) is 0 Å². The second kappa shape index (κ2) is 22.3. The lowest BCUT2D eigenvalue weighted by atomic mass is 9.64. The molecule has 0 spiro atoms. The first-order chi connectivity index (χ1) is 23.2. The number of nitrogens with zero attached hydrogens (tertiary/aromatic N) is 1. The highest BCUT2D eigenvalue weighted by molar-refractivity contribution is 5.60. The molecule has 0 aromatic carbocycles. The highest BCUT2D eigenvalue weighted by Gasteiger charge is 2.61. The molecule has 49 heavy (non-hydrogen) atoms. The number of rotatable bonds is 23. The maximum atomic E-state index is 14.2. The highest BCUT2D eigenvalue weighted by Crippen LogP contribution is 2.48. The van der Waals surface area contributed by atoms with E-state index in [0.717, 1.165) is 51.4 Å². The van der Waals surface area contributed by atoms with Crippen molar-refractivity contribution < 1.29 is 39.2 Å². The molecule has 1 aliphatic heterocycles. The lowest BCUT2D eigenvalue weighted by Crippen LogP contribution is -2.75. The molecule has 1 saturated carbocycles. The topological polar surface area (TPSA) is 116 Å². The van der Waals surface area contributed by atoms with Gasteiger partial charge in [0, 0.05) is 12.8 Å². The van der Waals surface area contributed by atoms with Gasteiger partial charge < -0.3 is 29.9 Å². The summed E-state index contributed by atoms with van der Waals surface area (Å²) in [5.41, 5.74) is 0.370. The lowest BCUT2D eigenvalue weighted by Gasteiger charge is -2.53. The molecule has 0 aromatic heterocycles. The van der Waals surface area contributed by atoms with Gasteiger partial charge in [0.2, 0.25) is 6.23 Å². The zero-order chi connectivity index (χ0) is 36.5. The van der Waals surface area contributed by atoms with Crippen LogP contribution in [0.5, 0.6) is 0 Å². The van der Waals surface area contributed by atoms with Crippen LogP contribution in [-0.2, 0) is 9.47 Å². The molecular weight excluding hydrogens is 618 g/mol. The van der Waals surface area contributed by atoms with Gasteiger partial charge >= 0.3 is 6.09 Å². The molecule has 0 aromatic rings. The second-order valence-corrected chi connectivity index (χ2v) is 17.6. The van der Waals surface area contributed by atoms with E-state index in [2.05, 4.69) is 41.5 Å². The van der Waals surface area contributed by atoms with Crippen molar-refractivity contribution in [2.24, 2.45) is 16.7 Å². The minimum absolute atomic E-state index is 0.153. The van der Waals surface area contributed by atoms with Crippen molar-refractivity contribution in [1.82, 2.24) is 0 Å². The van der Waals surface area contributed by atoms with Gasteiger partial charge in [-0.25, -0.2) is 0 Å². The van der Waals surface area contributed by atoms with Crippen LogP contribution < -0.4 is 0 Å². The SMILES string of the molecule is CCCCCCCCCCCCCCCCCC[N+](C(=O)OCC)(C1CCC(C(C)(C)CC(C)(C)C)CC1)C1O[C@H](CO)[C@@H](O)[C@H](O)[C@@H]1O. The van der Waals surface area contributed by atoms with Gasteiger partial charge in [-0.3, -0.25) is 0 Å². The lowest BCUT2D eigenvalue weighted by molar-refractivity contribution is -0.938. The molecule has 8 heteroatoms. The summed E-state index contributed by atoms with van der Waals surface area (Å²) in [6.07, 6.45) is 17.6. The van der Waals surface area contributed by atoms with Crippen LogP contribution in [0, 0.1) is 16.7 Å². The number of carbonyl (C=O) groups excluding carboxylic acids is 1. The summed E-state index contributed by atoms with van der Waals surface area (Å²) in [5, 5.41) is 42.9. The van der Waals surface area contributed by atoms with Gasteiger partial charge in [-0.1, -0.05) is 131 Å². The first kappa shape index (κ1) is 44.4. The van der Waals surface area contributed by atoms with Crippen molar-refractivity contribution in [3.8, 4) is 0 Å². The Morgan fingerprint density at radius 2 is 1.16 bits per heavy atom. The van der Waals surface area contributed by atoms with Crippen molar-refractivity contribution in [1.29, 1.82) is 0 Å². The number of unbranched alkanes of at least 4 members (excludes halogenated alkanes) is 15. The Morgan fingerprint density at radius 3 is 1.59 bits per heavy atom.